The van der Waals surface area contributed by atoms with Crippen molar-refractivity contribution in [3.05, 3.63) is 31.2 Å². The van der Waals surface area contributed by atoms with Crippen LogP contribution in [0.15, 0.2) is 24.3 Å². The Kier molecular flexibility index (Phi) is 3.94. The number of rotatable bonds is 4. The molecule has 0 aromatic carbocycles. The molecule has 0 N–H and O–H groups in total. The van der Waals surface area contributed by atoms with Crippen molar-refractivity contribution in [1.29, 1.82) is 0 Å². The minimum absolute atomic E-state index is 0.897. The van der Waals surface area contributed by atoms with Crippen LogP contribution in [0.25, 0.3) is 0 Å². The third kappa shape index (κ3) is 5.22. The van der Waals surface area contributed by atoms with Crippen molar-refractivity contribution in [2.45, 2.75) is 26.2 Å². The highest BCUT2D eigenvalue weighted by atomic mass is 14.0. The number of hydrogen-bond donors (Lipinski definition) is 0. The van der Waals surface area contributed by atoms with E-state index >= 15 is 0 Å². The molecule has 50 valence electrons. The predicted molar refractivity (Wildman–Crippen MR) is 43.2 cm³/mol. The predicted octanol–water partition coefficient (Wildman–Crippen LogP) is 3.12. The van der Waals surface area contributed by atoms with E-state index in [-0.39, 0.29) is 0 Å². The summed E-state index contributed by atoms with van der Waals surface area (Å²) in [5.74, 6) is 0. The molecule has 0 aromatic rings. The molecule has 0 unspecified atom stereocenters. The van der Waals surface area contributed by atoms with Gasteiger partial charge >= 0.3 is 0 Å². The molecule has 0 atom stereocenters. The lowest BCUT2D eigenvalue weighted by Gasteiger charge is -1.97. The normalized spacial score (nSPS) is 9.00. The lowest BCUT2D eigenvalue weighted by molar-refractivity contribution is 0.877. The van der Waals surface area contributed by atoms with Crippen LogP contribution in [-0.2, 0) is 0 Å². The summed E-state index contributed by atoms with van der Waals surface area (Å²) in [4.78, 5) is 0. The van der Waals surface area contributed by atoms with Gasteiger partial charge in [0, 0.05) is 19.9 Å². The van der Waals surface area contributed by atoms with Crippen molar-refractivity contribution < 1.29 is 0 Å². The van der Waals surface area contributed by atoms with Crippen molar-refractivity contribution in [2.24, 2.45) is 0 Å². The van der Waals surface area contributed by atoms with Gasteiger partial charge in [-0.2, -0.15) is 0 Å². The zero-order chi connectivity index (χ0) is 7.28. The third-order valence-electron chi connectivity index (χ3n) is 1.10. The quantitative estimate of drug-likeness (QED) is 0.398. The van der Waals surface area contributed by atoms with E-state index in [0.717, 1.165) is 18.4 Å². The van der Waals surface area contributed by atoms with E-state index in [4.69, 9.17) is 0 Å². The Morgan fingerprint density at radius 2 is 2.00 bits per heavy atom. The van der Waals surface area contributed by atoms with E-state index in [1.165, 1.54) is 12.0 Å². The highest BCUT2D eigenvalue weighted by Gasteiger charge is 1.95. The van der Waals surface area contributed by atoms with Gasteiger partial charge in [0.2, 0.25) is 0 Å². The Morgan fingerprint density at radius 1 is 1.44 bits per heavy atom. The lowest BCUT2D eigenvalue weighted by Crippen LogP contribution is -1.80. The highest BCUT2D eigenvalue weighted by molar-refractivity contribution is 5.11. The van der Waals surface area contributed by atoms with Gasteiger partial charge in [-0.05, 0) is 6.42 Å². The molecular weight excluding hydrogens is 108 g/mol. The van der Waals surface area contributed by atoms with E-state index in [0.29, 0.717) is 0 Å². The summed E-state index contributed by atoms with van der Waals surface area (Å²) >= 11 is 0. The van der Waals surface area contributed by atoms with Crippen LogP contribution >= 0.6 is 0 Å². The first-order valence-corrected chi connectivity index (χ1v) is 3.33. The zero-order valence-corrected chi connectivity index (χ0v) is 6.24. The molecule has 0 saturated heterocycles. The fourth-order valence-electron chi connectivity index (χ4n) is 0.795. The summed E-state index contributed by atoms with van der Waals surface area (Å²) in [6, 6.07) is 0. The molecule has 0 aliphatic carbocycles. The maximum absolute atomic E-state index is 3.88. The van der Waals surface area contributed by atoms with Crippen molar-refractivity contribution >= 4 is 0 Å². The fraction of sp³-hybridized carbons (Fsp3) is 0.444. The molecule has 0 rings (SSSR count). The minimum Gasteiger partial charge on any atom is -0.0994 e. The highest BCUT2D eigenvalue weighted by Crippen LogP contribution is 2.10. The smallest absolute Gasteiger partial charge is 0.0994 e. The molecule has 0 amide bonds. The second-order valence-electron chi connectivity index (χ2n) is 2.43. The number of hydrogen-bond acceptors (Lipinski definition) is 0. The molecule has 0 aromatic heterocycles. The monoisotopic (exact) mass is 123 g/mol. The topological polar surface area (TPSA) is 0 Å². The summed E-state index contributed by atoms with van der Waals surface area (Å²) in [7, 11) is 0. The molecule has 0 heteroatoms. The molecular formula is C9H15+. The summed E-state index contributed by atoms with van der Waals surface area (Å²) in [6.45, 7) is 13.4. The average molecular weight is 123 g/mol. The van der Waals surface area contributed by atoms with Crippen LogP contribution in [0.1, 0.15) is 26.2 Å². The molecule has 0 heterocycles. The first kappa shape index (κ1) is 8.35. The van der Waals surface area contributed by atoms with Gasteiger partial charge in [0.05, 0.1) is 0 Å². The van der Waals surface area contributed by atoms with Gasteiger partial charge in [-0.25, -0.2) is 0 Å². The summed E-state index contributed by atoms with van der Waals surface area (Å²) in [5, 5.41) is 0. The maximum atomic E-state index is 3.88. The van der Waals surface area contributed by atoms with E-state index in [9.17, 15) is 0 Å². The SMILES string of the molecule is C=C([CH2+])CC(=C)CCC. The molecule has 0 radical (unpaired) electrons. The Hall–Kier alpha value is -0.650. The third-order valence-corrected chi connectivity index (χ3v) is 1.10. The lowest BCUT2D eigenvalue weighted by atomic mass is 10.1. The first-order valence-electron chi connectivity index (χ1n) is 3.33. The van der Waals surface area contributed by atoms with Gasteiger partial charge in [0.25, 0.3) is 0 Å². The second-order valence-corrected chi connectivity index (χ2v) is 2.43. The van der Waals surface area contributed by atoms with Crippen molar-refractivity contribution in [2.75, 3.05) is 0 Å². The summed E-state index contributed by atoms with van der Waals surface area (Å²) in [5.41, 5.74) is 2.21. The van der Waals surface area contributed by atoms with E-state index in [2.05, 4.69) is 27.0 Å². The zero-order valence-electron chi connectivity index (χ0n) is 6.24. The van der Waals surface area contributed by atoms with Crippen LogP contribution < -0.4 is 0 Å². The van der Waals surface area contributed by atoms with Crippen molar-refractivity contribution in [1.82, 2.24) is 0 Å². The van der Waals surface area contributed by atoms with Crippen LogP contribution in [0.4, 0.5) is 0 Å². The Bertz CT molecular complexity index is 109. The van der Waals surface area contributed by atoms with Gasteiger partial charge in [-0.1, -0.05) is 25.5 Å². The van der Waals surface area contributed by atoms with Crippen LogP contribution in [0.3, 0.4) is 0 Å². The largest absolute Gasteiger partial charge is 0.100 e. The maximum Gasteiger partial charge on any atom is 0.100 e. The minimum atomic E-state index is 0.897. The Morgan fingerprint density at radius 3 is 2.33 bits per heavy atom. The Labute approximate surface area is 58.3 Å². The van der Waals surface area contributed by atoms with Crippen LogP contribution in [0.5, 0.6) is 0 Å². The van der Waals surface area contributed by atoms with Crippen LogP contribution in [0.2, 0.25) is 0 Å². The summed E-state index contributed by atoms with van der Waals surface area (Å²) in [6.07, 6.45) is 3.18. The first-order chi connectivity index (χ1) is 4.16. The van der Waals surface area contributed by atoms with Gasteiger partial charge < -0.3 is 0 Å². The van der Waals surface area contributed by atoms with E-state index in [1.807, 2.05) is 0 Å². The van der Waals surface area contributed by atoms with E-state index in [1.54, 1.807) is 0 Å². The van der Waals surface area contributed by atoms with Gasteiger partial charge in [-0.3, -0.25) is 0 Å². The van der Waals surface area contributed by atoms with Crippen LogP contribution in [0, 0.1) is 6.92 Å². The molecule has 0 saturated carbocycles. The fourth-order valence-corrected chi connectivity index (χ4v) is 0.795. The van der Waals surface area contributed by atoms with Crippen molar-refractivity contribution in [3.8, 4) is 0 Å². The van der Waals surface area contributed by atoms with Gasteiger partial charge in [-0.15, -0.1) is 0 Å². The summed E-state index contributed by atoms with van der Waals surface area (Å²) < 4.78 is 0. The second kappa shape index (κ2) is 4.25. The van der Waals surface area contributed by atoms with Gasteiger partial charge in [0.15, 0.2) is 0 Å². The molecule has 0 nitrogen and oxygen atoms in total. The molecule has 0 aliphatic heterocycles. The molecule has 0 aliphatic rings. The van der Waals surface area contributed by atoms with E-state index < -0.39 is 0 Å². The molecule has 9 heavy (non-hydrogen) atoms. The molecule has 0 bridgehead atoms. The number of allylic oxidation sites excluding steroid dienone is 2. The standard InChI is InChI=1S/C9H15/c1-5-6-9(4)7-8(2)3/h2-7H2,1H3/q+1. The molecule has 0 spiro atoms. The Balaban J connectivity index is 3.39. The molecule has 0 fully saturated rings. The van der Waals surface area contributed by atoms with Crippen molar-refractivity contribution in [3.63, 3.8) is 0 Å². The average Bonchev–Trinajstić information content (AvgIpc) is 1.63. The van der Waals surface area contributed by atoms with Gasteiger partial charge in [0.1, 0.15) is 5.57 Å². The van der Waals surface area contributed by atoms with Crippen LogP contribution in [-0.4, -0.2) is 0 Å².